The quantitative estimate of drug-likeness (QED) is 0.733. The summed E-state index contributed by atoms with van der Waals surface area (Å²) in [5, 5.41) is 4.84. The Kier molecular flexibility index (Phi) is 4.43. The van der Waals surface area contributed by atoms with E-state index in [1.54, 1.807) is 24.5 Å². The highest BCUT2D eigenvalue weighted by Gasteiger charge is 2.05. The summed E-state index contributed by atoms with van der Waals surface area (Å²) in [5.41, 5.74) is 2.69. The predicted molar refractivity (Wildman–Crippen MR) is 91.6 cm³/mol. The van der Waals surface area contributed by atoms with Gasteiger partial charge in [0.25, 0.3) is 0 Å². The second-order valence-electron chi connectivity index (χ2n) is 5.10. The van der Waals surface area contributed by atoms with E-state index in [2.05, 4.69) is 10.3 Å². The number of benzene rings is 1. The van der Waals surface area contributed by atoms with Crippen molar-refractivity contribution in [3.05, 3.63) is 59.4 Å². The molecule has 0 saturated heterocycles. The topological polar surface area (TPSA) is 55.6 Å². The minimum atomic E-state index is -0.137. The molecule has 5 nitrogen and oxygen atoms in total. The number of ether oxygens (including phenoxy) is 1. The summed E-state index contributed by atoms with van der Waals surface area (Å²) in [6, 6.07) is 7.64. The first-order chi connectivity index (χ1) is 11.2. The van der Waals surface area contributed by atoms with Gasteiger partial charge in [-0.2, -0.15) is 0 Å². The van der Waals surface area contributed by atoms with Crippen LogP contribution in [0.15, 0.2) is 48.1 Å². The van der Waals surface area contributed by atoms with Crippen LogP contribution in [0, 0.1) is 0 Å². The van der Waals surface area contributed by atoms with Gasteiger partial charge < -0.3 is 10.1 Å². The summed E-state index contributed by atoms with van der Waals surface area (Å²) < 4.78 is 7.15. The third kappa shape index (κ3) is 3.60. The SMILES string of the molecule is COc1cccc(C(C)=CC(=O)NCc2cn3ccsc3n2)c1. The normalized spacial score (nSPS) is 11.7. The van der Waals surface area contributed by atoms with Gasteiger partial charge in [-0.05, 0) is 30.2 Å². The van der Waals surface area contributed by atoms with Crippen molar-refractivity contribution in [3.63, 3.8) is 0 Å². The molecule has 118 valence electrons. The molecular formula is C17H17N3O2S. The van der Waals surface area contributed by atoms with E-state index >= 15 is 0 Å². The molecular weight excluding hydrogens is 310 g/mol. The van der Waals surface area contributed by atoms with E-state index < -0.39 is 0 Å². The maximum absolute atomic E-state index is 12.1. The number of aromatic nitrogens is 2. The molecule has 0 saturated carbocycles. The number of allylic oxidation sites excluding steroid dienone is 1. The lowest BCUT2D eigenvalue weighted by atomic mass is 10.1. The number of thiazole rings is 1. The monoisotopic (exact) mass is 327 g/mol. The molecule has 0 atom stereocenters. The van der Waals surface area contributed by atoms with Gasteiger partial charge in [0, 0.05) is 23.8 Å². The third-order valence-corrected chi connectivity index (χ3v) is 4.23. The second-order valence-corrected chi connectivity index (χ2v) is 5.98. The summed E-state index contributed by atoms with van der Waals surface area (Å²) >= 11 is 1.57. The Labute approximate surface area is 138 Å². The van der Waals surface area contributed by atoms with Crippen molar-refractivity contribution >= 4 is 27.8 Å². The Morgan fingerprint density at radius 3 is 3.13 bits per heavy atom. The van der Waals surface area contributed by atoms with E-state index in [1.165, 1.54) is 0 Å². The number of rotatable bonds is 5. The smallest absolute Gasteiger partial charge is 0.244 e. The Bertz CT molecular complexity index is 835. The van der Waals surface area contributed by atoms with Gasteiger partial charge in [-0.3, -0.25) is 9.20 Å². The predicted octanol–water partition coefficient (Wildman–Crippen LogP) is 3.12. The first-order valence-corrected chi connectivity index (χ1v) is 8.05. The number of hydrogen-bond donors (Lipinski definition) is 1. The minimum absolute atomic E-state index is 0.137. The first-order valence-electron chi connectivity index (χ1n) is 7.17. The number of carbonyl (C=O) groups is 1. The van der Waals surface area contributed by atoms with Crippen LogP contribution in [-0.2, 0) is 11.3 Å². The van der Waals surface area contributed by atoms with Crippen molar-refractivity contribution in [2.45, 2.75) is 13.5 Å². The van der Waals surface area contributed by atoms with E-state index in [0.717, 1.165) is 27.5 Å². The number of carbonyl (C=O) groups excluding carboxylic acids is 1. The molecule has 2 heterocycles. The number of fused-ring (bicyclic) bond motifs is 1. The maximum atomic E-state index is 12.1. The largest absolute Gasteiger partial charge is 0.497 e. The molecule has 2 aromatic heterocycles. The molecule has 3 rings (SSSR count). The second kappa shape index (κ2) is 6.66. The van der Waals surface area contributed by atoms with Gasteiger partial charge in [0.2, 0.25) is 5.91 Å². The van der Waals surface area contributed by atoms with E-state index in [0.29, 0.717) is 6.54 Å². The Balaban J connectivity index is 1.64. The molecule has 23 heavy (non-hydrogen) atoms. The van der Waals surface area contributed by atoms with Crippen LogP contribution in [0.2, 0.25) is 0 Å². The van der Waals surface area contributed by atoms with Crippen LogP contribution in [0.4, 0.5) is 0 Å². The number of nitrogens with zero attached hydrogens (tertiary/aromatic N) is 2. The molecule has 1 aromatic carbocycles. The van der Waals surface area contributed by atoms with Gasteiger partial charge in [0.15, 0.2) is 4.96 Å². The van der Waals surface area contributed by atoms with E-state index in [9.17, 15) is 4.79 Å². The summed E-state index contributed by atoms with van der Waals surface area (Å²) in [5.74, 6) is 0.635. The van der Waals surface area contributed by atoms with Gasteiger partial charge >= 0.3 is 0 Å². The summed E-state index contributed by atoms with van der Waals surface area (Å²) in [7, 11) is 1.63. The molecule has 3 aromatic rings. The van der Waals surface area contributed by atoms with Gasteiger partial charge in [-0.15, -0.1) is 11.3 Å². The van der Waals surface area contributed by atoms with Crippen LogP contribution in [0.5, 0.6) is 5.75 Å². The van der Waals surface area contributed by atoms with Crippen molar-refractivity contribution in [2.75, 3.05) is 7.11 Å². The first kappa shape index (κ1) is 15.3. The zero-order chi connectivity index (χ0) is 16.2. The molecule has 0 aliphatic heterocycles. The van der Waals surface area contributed by atoms with Crippen molar-refractivity contribution in [1.29, 1.82) is 0 Å². The summed E-state index contributed by atoms with van der Waals surface area (Å²) in [6.45, 7) is 2.32. The van der Waals surface area contributed by atoms with Gasteiger partial charge in [0.05, 0.1) is 19.3 Å². The number of imidazole rings is 1. The molecule has 6 heteroatoms. The zero-order valence-corrected chi connectivity index (χ0v) is 13.8. The van der Waals surface area contributed by atoms with Crippen molar-refractivity contribution in [2.24, 2.45) is 0 Å². The van der Waals surface area contributed by atoms with Crippen LogP contribution < -0.4 is 10.1 Å². The highest BCUT2D eigenvalue weighted by Crippen LogP contribution is 2.19. The van der Waals surface area contributed by atoms with Crippen molar-refractivity contribution in [3.8, 4) is 5.75 Å². The fraction of sp³-hybridized carbons (Fsp3) is 0.176. The number of hydrogen-bond acceptors (Lipinski definition) is 4. The molecule has 1 amide bonds. The van der Waals surface area contributed by atoms with E-state index in [-0.39, 0.29) is 5.91 Å². The maximum Gasteiger partial charge on any atom is 0.244 e. The molecule has 0 fully saturated rings. The van der Waals surface area contributed by atoms with Crippen LogP contribution >= 0.6 is 11.3 Å². The molecule has 0 spiro atoms. The lowest BCUT2D eigenvalue weighted by Gasteiger charge is -2.05. The molecule has 1 N–H and O–H groups in total. The molecule has 0 unspecified atom stereocenters. The standard InChI is InChI=1S/C17H17N3O2S/c1-12(13-4-3-5-15(9-13)22-2)8-16(21)18-10-14-11-20-6-7-23-17(20)19-14/h3-9,11H,10H2,1-2H3,(H,18,21). The van der Waals surface area contributed by atoms with Gasteiger partial charge in [0.1, 0.15) is 5.75 Å². The van der Waals surface area contributed by atoms with E-state index in [1.807, 2.05) is 53.4 Å². The average molecular weight is 327 g/mol. The van der Waals surface area contributed by atoms with Gasteiger partial charge in [-0.25, -0.2) is 4.98 Å². The number of amides is 1. The molecule has 0 aliphatic rings. The lowest BCUT2D eigenvalue weighted by Crippen LogP contribution is -2.20. The number of nitrogens with one attached hydrogen (secondary N) is 1. The Hall–Kier alpha value is -2.60. The highest BCUT2D eigenvalue weighted by molar-refractivity contribution is 7.15. The third-order valence-electron chi connectivity index (χ3n) is 3.46. The number of methoxy groups -OCH3 is 1. The minimum Gasteiger partial charge on any atom is -0.497 e. The van der Waals surface area contributed by atoms with Crippen LogP contribution in [0.3, 0.4) is 0 Å². The molecule has 0 bridgehead atoms. The zero-order valence-electron chi connectivity index (χ0n) is 12.9. The Morgan fingerprint density at radius 1 is 1.48 bits per heavy atom. The van der Waals surface area contributed by atoms with Crippen molar-refractivity contribution < 1.29 is 9.53 Å². The summed E-state index contributed by atoms with van der Waals surface area (Å²) in [4.78, 5) is 17.4. The van der Waals surface area contributed by atoms with Crippen LogP contribution in [0.1, 0.15) is 18.2 Å². The highest BCUT2D eigenvalue weighted by atomic mass is 32.1. The fourth-order valence-corrected chi connectivity index (χ4v) is 2.96. The average Bonchev–Trinajstić information content (AvgIpc) is 3.14. The van der Waals surface area contributed by atoms with Crippen LogP contribution in [0.25, 0.3) is 10.5 Å². The molecule has 0 aliphatic carbocycles. The van der Waals surface area contributed by atoms with Crippen LogP contribution in [-0.4, -0.2) is 22.4 Å². The lowest BCUT2D eigenvalue weighted by molar-refractivity contribution is -0.116. The molecule has 0 radical (unpaired) electrons. The fourth-order valence-electron chi connectivity index (χ4n) is 2.24. The van der Waals surface area contributed by atoms with Crippen molar-refractivity contribution in [1.82, 2.24) is 14.7 Å². The summed E-state index contributed by atoms with van der Waals surface area (Å²) in [6.07, 6.45) is 5.46. The Morgan fingerprint density at radius 2 is 2.35 bits per heavy atom. The van der Waals surface area contributed by atoms with E-state index in [4.69, 9.17) is 4.74 Å². The van der Waals surface area contributed by atoms with Gasteiger partial charge in [-0.1, -0.05) is 12.1 Å².